The van der Waals surface area contributed by atoms with Gasteiger partial charge in [0.2, 0.25) is 0 Å². The standard InChI is InChI=1S/C14H12N4O/c1-18-13-5-3-2-4-10(13)11(17-18)8-14(19)12-9-15-6-7-16-12/h2-7,9H,8H2,1H3. The Morgan fingerprint density at radius 2 is 2.11 bits per heavy atom. The van der Waals surface area contributed by atoms with E-state index in [-0.39, 0.29) is 12.2 Å². The Balaban J connectivity index is 1.96. The number of hydrogen-bond acceptors (Lipinski definition) is 4. The van der Waals surface area contributed by atoms with E-state index >= 15 is 0 Å². The minimum absolute atomic E-state index is 0.0723. The summed E-state index contributed by atoms with van der Waals surface area (Å²) in [5.74, 6) is -0.0723. The van der Waals surface area contributed by atoms with Crippen molar-refractivity contribution in [2.75, 3.05) is 0 Å². The first-order valence-corrected chi connectivity index (χ1v) is 5.95. The molecule has 0 aliphatic rings. The van der Waals surface area contributed by atoms with Crippen LogP contribution in [0.2, 0.25) is 0 Å². The molecule has 0 spiro atoms. The van der Waals surface area contributed by atoms with Gasteiger partial charge in [-0.3, -0.25) is 14.5 Å². The Kier molecular flexibility index (Phi) is 2.79. The number of para-hydroxylation sites is 1. The van der Waals surface area contributed by atoms with Crippen molar-refractivity contribution in [1.29, 1.82) is 0 Å². The fraction of sp³-hybridized carbons (Fsp3) is 0.143. The average Bonchev–Trinajstić information content (AvgIpc) is 2.77. The molecule has 5 nitrogen and oxygen atoms in total. The van der Waals surface area contributed by atoms with Crippen LogP contribution in [0.15, 0.2) is 42.9 Å². The summed E-state index contributed by atoms with van der Waals surface area (Å²) >= 11 is 0. The first-order chi connectivity index (χ1) is 9.25. The summed E-state index contributed by atoms with van der Waals surface area (Å²) in [5, 5.41) is 5.40. The van der Waals surface area contributed by atoms with Gasteiger partial charge in [-0.05, 0) is 6.07 Å². The van der Waals surface area contributed by atoms with Crippen LogP contribution in [-0.2, 0) is 13.5 Å². The molecule has 0 aliphatic carbocycles. The van der Waals surface area contributed by atoms with Crippen molar-refractivity contribution >= 4 is 16.7 Å². The zero-order valence-corrected chi connectivity index (χ0v) is 10.4. The molecular formula is C14H12N4O. The van der Waals surface area contributed by atoms with Crippen LogP contribution in [0.5, 0.6) is 0 Å². The summed E-state index contributed by atoms with van der Waals surface area (Å²) in [7, 11) is 1.87. The summed E-state index contributed by atoms with van der Waals surface area (Å²) in [4.78, 5) is 20.0. The average molecular weight is 252 g/mol. The van der Waals surface area contributed by atoms with Gasteiger partial charge in [-0.25, -0.2) is 4.98 Å². The molecule has 94 valence electrons. The number of fused-ring (bicyclic) bond motifs is 1. The van der Waals surface area contributed by atoms with Crippen LogP contribution in [-0.4, -0.2) is 25.5 Å². The maximum absolute atomic E-state index is 12.1. The van der Waals surface area contributed by atoms with Crippen LogP contribution in [0.4, 0.5) is 0 Å². The van der Waals surface area contributed by atoms with Gasteiger partial charge in [0.25, 0.3) is 0 Å². The Morgan fingerprint density at radius 1 is 1.26 bits per heavy atom. The summed E-state index contributed by atoms with van der Waals surface area (Å²) in [6, 6.07) is 7.86. The summed E-state index contributed by atoms with van der Waals surface area (Å²) in [5.41, 5.74) is 2.16. The topological polar surface area (TPSA) is 60.7 Å². The van der Waals surface area contributed by atoms with Crippen LogP contribution >= 0.6 is 0 Å². The van der Waals surface area contributed by atoms with Gasteiger partial charge in [-0.1, -0.05) is 18.2 Å². The number of rotatable bonds is 3. The largest absolute Gasteiger partial charge is 0.292 e. The Morgan fingerprint density at radius 3 is 2.89 bits per heavy atom. The third-order valence-corrected chi connectivity index (χ3v) is 3.01. The number of carbonyl (C=O) groups is 1. The second kappa shape index (κ2) is 4.61. The fourth-order valence-corrected chi connectivity index (χ4v) is 2.10. The number of Topliss-reactive ketones (excluding diaryl/α,β-unsaturated/α-hetero) is 1. The molecule has 0 aliphatic heterocycles. The van der Waals surface area contributed by atoms with Gasteiger partial charge in [-0.15, -0.1) is 0 Å². The number of aromatic nitrogens is 4. The van der Waals surface area contributed by atoms with E-state index in [1.54, 1.807) is 10.9 Å². The van der Waals surface area contributed by atoms with E-state index in [0.29, 0.717) is 5.69 Å². The minimum Gasteiger partial charge on any atom is -0.292 e. The second-order valence-electron chi connectivity index (χ2n) is 4.28. The highest BCUT2D eigenvalue weighted by Crippen LogP contribution is 2.18. The van der Waals surface area contributed by atoms with Crippen molar-refractivity contribution in [2.45, 2.75) is 6.42 Å². The van der Waals surface area contributed by atoms with Crippen LogP contribution in [0, 0.1) is 0 Å². The van der Waals surface area contributed by atoms with E-state index in [1.165, 1.54) is 12.4 Å². The number of hydrogen-bond donors (Lipinski definition) is 0. The highest BCUT2D eigenvalue weighted by atomic mass is 16.1. The Bertz CT molecular complexity index is 734. The van der Waals surface area contributed by atoms with Crippen molar-refractivity contribution in [3.63, 3.8) is 0 Å². The van der Waals surface area contributed by atoms with Crippen molar-refractivity contribution in [2.24, 2.45) is 7.05 Å². The van der Waals surface area contributed by atoms with E-state index in [0.717, 1.165) is 16.6 Å². The number of aryl methyl sites for hydroxylation is 1. The van der Waals surface area contributed by atoms with Gasteiger partial charge in [0.15, 0.2) is 5.78 Å². The van der Waals surface area contributed by atoms with Crippen molar-refractivity contribution in [3.05, 3.63) is 54.2 Å². The molecule has 0 N–H and O–H groups in total. The number of carbonyl (C=O) groups excluding carboxylic acids is 1. The van der Waals surface area contributed by atoms with Crippen LogP contribution in [0.25, 0.3) is 10.9 Å². The Hall–Kier alpha value is -2.56. The molecule has 0 bridgehead atoms. The molecule has 0 unspecified atom stereocenters. The molecule has 3 rings (SSSR count). The monoisotopic (exact) mass is 252 g/mol. The minimum atomic E-state index is -0.0723. The molecule has 2 heterocycles. The third-order valence-electron chi connectivity index (χ3n) is 3.01. The molecule has 19 heavy (non-hydrogen) atoms. The molecule has 5 heteroatoms. The zero-order valence-electron chi connectivity index (χ0n) is 10.4. The predicted octanol–water partition coefficient (Wildman–Crippen LogP) is 1.79. The molecule has 2 aromatic heterocycles. The van der Waals surface area contributed by atoms with E-state index in [2.05, 4.69) is 15.1 Å². The van der Waals surface area contributed by atoms with Gasteiger partial charge in [-0.2, -0.15) is 5.10 Å². The summed E-state index contributed by atoms with van der Waals surface area (Å²) < 4.78 is 1.79. The van der Waals surface area contributed by atoms with Crippen LogP contribution < -0.4 is 0 Å². The summed E-state index contributed by atoms with van der Waals surface area (Å²) in [6.45, 7) is 0. The third kappa shape index (κ3) is 2.10. The van der Waals surface area contributed by atoms with Crippen LogP contribution in [0.3, 0.4) is 0 Å². The second-order valence-corrected chi connectivity index (χ2v) is 4.28. The molecule has 0 radical (unpaired) electrons. The van der Waals surface area contributed by atoms with Gasteiger partial charge in [0.05, 0.1) is 23.8 Å². The quantitative estimate of drug-likeness (QED) is 0.667. The first kappa shape index (κ1) is 11.5. The van der Waals surface area contributed by atoms with Crippen molar-refractivity contribution < 1.29 is 4.79 Å². The van der Waals surface area contributed by atoms with E-state index in [9.17, 15) is 4.79 Å². The summed E-state index contributed by atoms with van der Waals surface area (Å²) in [6.07, 6.45) is 4.78. The normalized spacial score (nSPS) is 10.8. The van der Waals surface area contributed by atoms with E-state index < -0.39 is 0 Å². The van der Waals surface area contributed by atoms with E-state index in [1.807, 2.05) is 31.3 Å². The predicted molar refractivity (Wildman–Crippen MR) is 70.8 cm³/mol. The number of benzene rings is 1. The highest BCUT2D eigenvalue weighted by Gasteiger charge is 2.14. The van der Waals surface area contributed by atoms with E-state index in [4.69, 9.17) is 0 Å². The SMILES string of the molecule is Cn1nc(CC(=O)c2cnccn2)c2ccccc21. The lowest BCUT2D eigenvalue weighted by Gasteiger charge is -1.97. The smallest absolute Gasteiger partial charge is 0.188 e. The molecule has 0 saturated carbocycles. The molecule has 0 saturated heterocycles. The first-order valence-electron chi connectivity index (χ1n) is 5.95. The van der Waals surface area contributed by atoms with Gasteiger partial charge >= 0.3 is 0 Å². The maximum Gasteiger partial charge on any atom is 0.188 e. The molecule has 1 aromatic carbocycles. The Labute approximate surface area is 109 Å². The maximum atomic E-state index is 12.1. The van der Waals surface area contributed by atoms with Crippen molar-refractivity contribution in [3.8, 4) is 0 Å². The zero-order chi connectivity index (χ0) is 13.2. The van der Waals surface area contributed by atoms with Crippen molar-refractivity contribution in [1.82, 2.24) is 19.7 Å². The molecule has 0 atom stereocenters. The number of ketones is 1. The van der Waals surface area contributed by atoms with Gasteiger partial charge in [0.1, 0.15) is 5.69 Å². The lowest BCUT2D eigenvalue weighted by atomic mass is 10.1. The molecule has 0 fully saturated rings. The number of nitrogens with zero attached hydrogens (tertiary/aromatic N) is 4. The fourth-order valence-electron chi connectivity index (χ4n) is 2.10. The highest BCUT2D eigenvalue weighted by molar-refractivity contribution is 5.97. The van der Waals surface area contributed by atoms with Gasteiger partial charge in [0, 0.05) is 24.8 Å². The lowest BCUT2D eigenvalue weighted by molar-refractivity contribution is 0.0987. The molecule has 0 amide bonds. The lowest BCUT2D eigenvalue weighted by Crippen LogP contribution is -2.07. The van der Waals surface area contributed by atoms with Gasteiger partial charge < -0.3 is 0 Å². The molecule has 3 aromatic rings. The molecular weight excluding hydrogens is 240 g/mol. The van der Waals surface area contributed by atoms with Crippen LogP contribution in [0.1, 0.15) is 16.2 Å².